The maximum Gasteiger partial charge on any atom is 0.161 e. The van der Waals surface area contributed by atoms with Crippen LogP contribution in [0.4, 0.5) is 5.82 Å². The number of Topliss-reactive ketones (excluding diaryl/α,β-unsaturated/α-hetero) is 1. The molecule has 16 heavy (non-hydrogen) atoms. The van der Waals surface area contributed by atoms with Crippen LogP contribution >= 0.6 is 0 Å². The molecule has 0 spiro atoms. The first-order valence-corrected chi connectivity index (χ1v) is 5.02. The van der Waals surface area contributed by atoms with Crippen LogP contribution in [-0.4, -0.2) is 15.6 Å². The molecule has 4 nitrogen and oxygen atoms in total. The predicted octanol–water partition coefficient (Wildman–Crippen LogP) is 1.97. The van der Waals surface area contributed by atoms with Crippen LogP contribution in [0.2, 0.25) is 0 Å². The van der Waals surface area contributed by atoms with E-state index in [-0.39, 0.29) is 5.78 Å². The molecule has 0 bridgehead atoms. The zero-order valence-corrected chi connectivity index (χ0v) is 9.27. The zero-order chi connectivity index (χ0) is 11.7. The van der Waals surface area contributed by atoms with Crippen molar-refractivity contribution in [3.63, 3.8) is 0 Å². The van der Waals surface area contributed by atoms with Crippen LogP contribution in [0.3, 0.4) is 0 Å². The second-order valence-electron chi connectivity index (χ2n) is 3.70. The maximum absolute atomic E-state index is 11.5. The Labute approximate surface area is 93.7 Å². The highest BCUT2D eigenvalue weighted by Crippen LogP contribution is 2.18. The minimum atomic E-state index is 0.00292. The molecule has 0 saturated carbocycles. The van der Waals surface area contributed by atoms with E-state index in [9.17, 15) is 4.79 Å². The topological polar surface area (TPSA) is 60.9 Å². The molecule has 0 atom stereocenters. The number of aryl methyl sites for hydroxylation is 1. The van der Waals surface area contributed by atoms with Gasteiger partial charge in [-0.25, -0.2) is 4.68 Å². The molecule has 0 aliphatic carbocycles. The van der Waals surface area contributed by atoms with Crippen molar-refractivity contribution in [1.82, 2.24) is 9.78 Å². The normalized spacial score (nSPS) is 10.4. The Hall–Kier alpha value is -2.10. The molecule has 2 aromatic rings. The highest BCUT2D eigenvalue weighted by Gasteiger charge is 2.11. The van der Waals surface area contributed by atoms with Crippen LogP contribution in [0.5, 0.6) is 0 Å². The summed E-state index contributed by atoms with van der Waals surface area (Å²) in [7, 11) is 0. The van der Waals surface area contributed by atoms with Gasteiger partial charge < -0.3 is 5.73 Å². The standard InChI is InChI=1S/C12H13N3O/c1-8-7-12(13)15(14-8)11-6-4-3-5-10(11)9(2)16/h3-7H,13H2,1-2H3. The molecule has 0 radical (unpaired) electrons. The molecular formula is C12H13N3O. The fraction of sp³-hybridized carbons (Fsp3) is 0.167. The van der Waals surface area contributed by atoms with Gasteiger partial charge in [0.15, 0.2) is 5.78 Å². The average Bonchev–Trinajstić information content (AvgIpc) is 2.57. The van der Waals surface area contributed by atoms with Crippen molar-refractivity contribution >= 4 is 11.6 Å². The highest BCUT2D eigenvalue weighted by atomic mass is 16.1. The first-order valence-electron chi connectivity index (χ1n) is 5.02. The molecule has 82 valence electrons. The number of ketones is 1. The lowest BCUT2D eigenvalue weighted by Crippen LogP contribution is -2.07. The molecule has 2 N–H and O–H groups in total. The number of para-hydroxylation sites is 1. The van der Waals surface area contributed by atoms with E-state index >= 15 is 0 Å². The second-order valence-corrected chi connectivity index (χ2v) is 3.70. The number of benzene rings is 1. The fourth-order valence-electron chi connectivity index (χ4n) is 1.67. The number of nitrogens with zero attached hydrogens (tertiary/aromatic N) is 2. The van der Waals surface area contributed by atoms with Crippen molar-refractivity contribution < 1.29 is 4.79 Å². The van der Waals surface area contributed by atoms with Gasteiger partial charge in [0.1, 0.15) is 5.82 Å². The molecule has 4 heteroatoms. The van der Waals surface area contributed by atoms with Gasteiger partial charge >= 0.3 is 0 Å². The molecule has 0 saturated heterocycles. The third-order valence-electron chi connectivity index (χ3n) is 2.37. The van der Waals surface area contributed by atoms with Gasteiger partial charge in [0.05, 0.1) is 11.4 Å². The molecular weight excluding hydrogens is 202 g/mol. The summed E-state index contributed by atoms with van der Waals surface area (Å²) in [4.78, 5) is 11.5. The maximum atomic E-state index is 11.5. The molecule has 1 aromatic heterocycles. The number of carbonyl (C=O) groups is 1. The van der Waals surface area contributed by atoms with Crippen LogP contribution in [-0.2, 0) is 0 Å². The summed E-state index contributed by atoms with van der Waals surface area (Å²) in [5.41, 5.74) is 8.01. The summed E-state index contributed by atoms with van der Waals surface area (Å²) in [5, 5.41) is 4.26. The Morgan fingerprint density at radius 3 is 2.62 bits per heavy atom. The van der Waals surface area contributed by atoms with Gasteiger partial charge in [-0.05, 0) is 26.0 Å². The van der Waals surface area contributed by atoms with Crippen molar-refractivity contribution in [2.45, 2.75) is 13.8 Å². The fourth-order valence-corrected chi connectivity index (χ4v) is 1.67. The first-order chi connectivity index (χ1) is 7.59. The van der Waals surface area contributed by atoms with Crippen LogP contribution in [0.15, 0.2) is 30.3 Å². The number of carbonyl (C=O) groups excluding carboxylic acids is 1. The van der Waals surface area contributed by atoms with Crippen LogP contribution in [0, 0.1) is 6.92 Å². The van der Waals surface area contributed by atoms with E-state index in [1.807, 2.05) is 25.1 Å². The third kappa shape index (κ3) is 1.69. The lowest BCUT2D eigenvalue weighted by atomic mass is 10.1. The Bertz CT molecular complexity index is 543. The number of hydrogen-bond acceptors (Lipinski definition) is 3. The van der Waals surface area contributed by atoms with Gasteiger partial charge in [-0.15, -0.1) is 0 Å². The lowest BCUT2D eigenvalue weighted by Gasteiger charge is -2.07. The number of nitrogens with two attached hydrogens (primary N) is 1. The Morgan fingerprint density at radius 1 is 1.38 bits per heavy atom. The van der Waals surface area contributed by atoms with Gasteiger partial charge in [0.25, 0.3) is 0 Å². The summed E-state index contributed by atoms with van der Waals surface area (Å²) < 4.78 is 1.59. The number of aromatic nitrogens is 2. The summed E-state index contributed by atoms with van der Waals surface area (Å²) in [6.45, 7) is 3.40. The van der Waals surface area contributed by atoms with E-state index in [1.165, 1.54) is 6.92 Å². The molecule has 0 fully saturated rings. The molecule has 0 aliphatic heterocycles. The molecule has 0 unspecified atom stereocenters. The minimum Gasteiger partial charge on any atom is -0.384 e. The molecule has 2 rings (SSSR count). The molecule has 0 aliphatic rings. The summed E-state index contributed by atoms with van der Waals surface area (Å²) in [6.07, 6.45) is 0. The van der Waals surface area contributed by atoms with Crippen molar-refractivity contribution in [1.29, 1.82) is 0 Å². The predicted molar refractivity (Wildman–Crippen MR) is 62.7 cm³/mol. The molecule has 1 aromatic carbocycles. The molecule has 1 heterocycles. The number of nitrogen functional groups attached to an aromatic ring is 1. The lowest BCUT2D eigenvalue weighted by molar-refractivity contribution is 0.101. The van der Waals surface area contributed by atoms with E-state index in [0.717, 1.165) is 11.4 Å². The van der Waals surface area contributed by atoms with Crippen molar-refractivity contribution in [2.24, 2.45) is 0 Å². The van der Waals surface area contributed by atoms with Gasteiger partial charge in [0, 0.05) is 11.6 Å². The number of hydrogen-bond donors (Lipinski definition) is 1. The Balaban J connectivity index is 2.64. The van der Waals surface area contributed by atoms with E-state index < -0.39 is 0 Å². The van der Waals surface area contributed by atoms with E-state index in [1.54, 1.807) is 16.8 Å². The van der Waals surface area contributed by atoms with Crippen molar-refractivity contribution in [2.75, 3.05) is 5.73 Å². The van der Waals surface area contributed by atoms with Crippen LogP contribution < -0.4 is 5.73 Å². The first kappa shape index (κ1) is 10.4. The van der Waals surface area contributed by atoms with Crippen LogP contribution in [0.1, 0.15) is 23.0 Å². The van der Waals surface area contributed by atoms with E-state index in [2.05, 4.69) is 5.10 Å². The van der Waals surface area contributed by atoms with Gasteiger partial charge in [-0.1, -0.05) is 12.1 Å². The average molecular weight is 215 g/mol. The monoisotopic (exact) mass is 215 g/mol. The largest absolute Gasteiger partial charge is 0.384 e. The van der Waals surface area contributed by atoms with Gasteiger partial charge in [-0.2, -0.15) is 5.10 Å². The quantitative estimate of drug-likeness (QED) is 0.779. The molecule has 0 amide bonds. The zero-order valence-electron chi connectivity index (χ0n) is 9.27. The second kappa shape index (κ2) is 3.81. The van der Waals surface area contributed by atoms with Crippen molar-refractivity contribution in [3.8, 4) is 5.69 Å². The van der Waals surface area contributed by atoms with Gasteiger partial charge in [0.2, 0.25) is 0 Å². The van der Waals surface area contributed by atoms with Gasteiger partial charge in [-0.3, -0.25) is 4.79 Å². The summed E-state index contributed by atoms with van der Waals surface area (Å²) in [6, 6.07) is 9.07. The SMILES string of the molecule is CC(=O)c1ccccc1-n1nc(C)cc1N. The summed E-state index contributed by atoms with van der Waals surface area (Å²) >= 11 is 0. The smallest absolute Gasteiger partial charge is 0.161 e. The highest BCUT2D eigenvalue weighted by molar-refractivity contribution is 5.97. The summed E-state index contributed by atoms with van der Waals surface area (Å²) in [5.74, 6) is 0.536. The van der Waals surface area contributed by atoms with E-state index in [4.69, 9.17) is 5.73 Å². The number of anilines is 1. The Morgan fingerprint density at radius 2 is 2.06 bits per heavy atom. The Kier molecular flexibility index (Phi) is 2.48. The van der Waals surface area contributed by atoms with E-state index in [0.29, 0.717) is 11.4 Å². The third-order valence-corrected chi connectivity index (χ3v) is 2.37. The minimum absolute atomic E-state index is 0.00292. The number of rotatable bonds is 2. The van der Waals surface area contributed by atoms with Crippen LogP contribution in [0.25, 0.3) is 5.69 Å². The van der Waals surface area contributed by atoms with Crippen molar-refractivity contribution in [3.05, 3.63) is 41.6 Å².